The number of nitrogens with two attached hydrogens (primary N) is 1. The van der Waals surface area contributed by atoms with Gasteiger partial charge in [-0.1, -0.05) is 26.7 Å². The van der Waals surface area contributed by atoms with Crippen LogP contribution in [0.5, 0.6) is 0 Å². The molecule has 2 atom stereocenters. The molecule has 1 aliphatic carbocycles. The standard InChI is InChI=1S/C14H25N/c1-4-5-6-10-13(15)12-9-7-8-11-14(12,2)3/h1,12-13H,5-11,15H2,2-3H3. The summed E-state index contributed by atoms with van der Waals surface area (Å²) in [6, 6.07) is 0.355. The topological polar surface area (TPSA) is 26.0 Å². The number of terminal acetylenes is 1. The molecule has 0 amide bonds. The predicted octanol–water partition coefficient (Wildman–Crippen LogP) is 3.33. The highest BCUT2D eigenvalue weighted by Crippen LogP contribution is 2.42. The molecule has 15 heavy (non-hydrogen) atoms. The lowest BCUT2D eigenvalue weighted by Crippen LogP contribution is -2.41. The second-order valence-corrected chi connectivity index (χ2v) is 5.60. The summed E-state index contributed by atoms with van der Waals surface area (Å²) in [5.41, 5.74) is 6.73. The fourth-order valence-corrected chi connectivity index (χ4v) is 2.96. The first-order valence-corrected chi connectivity index (χ1v) is 6.27. The molecular weight excluding hydrogens is 182 g/mol. The van der Waals surface area contributed by atoms with Crippen molar-refractivity contribution in [3.8, 4) is 12.3 Å². The Kier molecular flexibility index (Phi) is 4.67. The molecule has 2 unspecified atom stereocenters. The van der Waals surface area contributed by atoms with E-state index in [9.17, 15) is 0 Å². The van der Waals surface area contributed by atoms with Gasteiger partial charge >= 0.3 is 0 Å². The van der Waals surface area contributed by atoms with Crippen LogP contribution in [0.1, 0.15) is 58.8 Å². The molecule has 0 heterocycles. The van der Waals surface area contributed by atoms with Crippen LogP contribution in [0.4, 0.5) is 0 Å². The molecule has 86 valence electrons. The van der Waals surface area contributed by atoms with Gasteiger partial charge in [-0.2, -0.15) is 0 Å². The number of hydrogen-bond donors (Lipinski definition) is 1. The van der Waals surface area contributed by atoms with E-state index in [1.807, 2.05) is 0 Å². The van der Waals surface area contributed by atoms with Crippen LogP contribution in [0.2, 0.25) is 0 Å². The molecule has 0 aromatic carbocycles. The van der Waals surface area contributed by atoms with Crippen LogP contribution in [0.3, 0.4) is 0 Å². The summed E-state index contributed by atoms with van der Waals surface area (Å²) in [7, 11) is 0. The van der Waals surface area contributed by atoms with Gasteiger partial charge in [-0.25, -0.2) is 0 Å². The Morgan fingerprint density at radius 1 is 1.47 bits per heavy atom. The molecule has 2 N–H and O–H groups in total. The van der Waals surface area contributed by atoms with Gasteiger partial charge in [0.05, 0.1) is 0 Å². The van der Waals surface area contributed by atoms with Crippen molar-refractivity contribution in [3.63, 3.8) is 0 Å². The SMILES string of the molecule is C#CCCCC(N)C1CCCCC1(C)C. The van der Waals surface area contributed by atoms with E-state index in [-0.39, 0.29) is 0 Å². The molecule has 1 saturated carbocycles. The minimum absolute atomic E-state index is 0.355. The van der Waals surface area contributed by atoms with Crippen molar-refractivity contribution in [1.82, 2.24) is 0 Å². The van der Waals surface area contributed by atoms with E-state index in [2.05, 4.69) is 19.8 Å². The van der Waals surface area contributed by atoms with Gasteiger partial charge in [-0.05, 0) is 37.0 Å². The Labute approximate surface area is 94.8 Å². The molecule has 1 fully saturated rings. The van der Waals surface area contributed by atoms with E-state index < -0.39 is 0 Å². The lowest BCUT2D eigenvalue weighted by atomic mass is 9.65. The third-order valence-electron chi connectivity index (χ3n) is 3.97. The van der Waals surface area contributed by atoms with Gasteiger partial charge in [0.2, 0.25) is 0 Å². The first kappa shape index (κ1) is 12.6. The lowest BCUT2D eigenvalue weighted by molar-refractivity contribution is 0.109. The van der Waals surface area contributed by atoms with E-state index in [1.165, 1.54) is 25.7 Å². The zero-order valence-electron chi connectivity index (χ0n) is 10.3. The highest BCUT2D eigenvalue weighted by Gasteiger charge is 2.35. The minimum Gasteiger partial charge on any atom is -0.327 e. The first-order valence-electron chi connectivity index (χ1n) is 6.27. The van der Waals surface area contributed by atoms with Crippen LogP contribution in [-0.4, -0.2) is 6.04 Å². The number of unbranched alkanes of at least 4 members (excludes halogenated alkanes) is 1. The molecule has 0 aromatic heterocycles. The largest absolute Gasteiger partial charge is 0.327 e. The van der Waals surface area contributed by atoms with Crippen LogP contribution < -0.4 is 5.73 Å². The highest BCUT2D eigenvalue weighted by molar-refractivity contribution is 4.90. The summed E-state index contributed by atoms with van der Waals surface area (Å²) in [5, 5.41) is 0. The van der Waals surface area contributed by atoms with Gasteiger partial charge in [-0.15, -0.1) is 12.3 Å². The maximum Gasteiger partial charge on any atom is 0.00866 e. The summed E-state index contributed by atoms with van der Waals surface area (Å²) >= 11 is 0. The average Bonchev–Trinajstić information content (AvgIpc) is 2.17. The highest BCUT2D eigenvalue weighted by atomic mass is 14.7. The summed E-state index contributed by atoms with van der Waals surface area (Å²) in [6.07, 6.45) is 13.7. The molecule has 0 bridgehead atoms. The third kappa shape index (κ3) is 3.54. The first-order chi connectivity index (χ1) is 7.08. The van der Waals surface area contributed by atoms with E-state index >= 15 is 0 Å². The quantitative estimate of drug-likeness (QED) is 0.555. The van der Waals surface area contributed by atoms with Gasteiger partial charge < -0.3 is 5.73 Å². The molecule has 0 radical (unpaired) electrons. The Balaban J connectivity index is 2.42. The van der Waals surface area contributed by atoms with Crippen molar-refractivity contribution in [2.75, 3.05) is 0 Å². The smallest absolute Gasteiger partial charge is 0.00866 e. The molecule has 1 nitrogen and oxygen atoms in total. The molecule has 1 rings (SSSR count). The van der Waals surface area contributed by atoms with Crippen molar-refractivity contribution in [3.05, 3.63) is 0 Å². The molecule has 0 saturated heterocycles. The predicted molar refractivity (Wildman–Crippen MR) is 66.4 cm³/mol. The summed E-state index contributed by atoms with van der Waals surface area (Å²) < 4.78 is 0. The summed E-state index contributed by atoms with van der Waals surface area (Å²) in [6.45, 7) is 4.75. The zero-order chi connectivity index (χ0) is 11.3. The van der Waals surface area contributed by atoms with Crippen LogP contribution in [0.25, 0.3) is 0 Å². The molecule has 0 spiro atoms. The van der Waals surface area contributed by atoms with E-state index in [4.69, 9.17) is 12.2 Å². The number of rotatable bonds is 4. The Bertz CT molecular complexity index is 224. The van der Waals surface area contributed by atoms with Gasteiger partial charge in [0.25, 0.3) is 0 Å². The van der Waals surface area contributed by atoms with E-state index in [0.29, 0.717) is 17.4 Å². The maximum atomic E-state index is 6.30. The van der Waals surface area contributed by atoms with Crippen molar-refractivity contribution in [2.24, 2.45) is 17.1 Å². The third-order valence-corrected chi connectivity index (χ3v) is 3.97. The monoisotopic (exact) mass is 207 g/mol. The fraction of sp³-hybridized carbons (Fsp3) is 0.857. The summed E-state index contributed by atoms with van der Waals surface area (Å²) in [5.74, 6) is 3.39. The molecule has 0 aromatic rings. The molecule has 0 aliphatic heterocycles. The maximum absolute atomic E-state index is 6.30. The second kappa shape index (κ2) is 5.56. The van der Waals surface area contributed by atoms with Gasteiger partial charge in [0, 0.05) is 12.5 Å². The fourth-order valence-electron chi connectivity index (χ4n) is 2.96. The Morgan fingerprint density at radius 2 is 2.20 bits per heavy atom. The van der Waals surface area contributed by atoms with Crippen LogP contribution in [-0.2, 0) is 0 Å². The normalized spacial score (nSPS) is 26.9. The van der Waals surface area contributed by atoms with Crippen molar-refractivity contribution < 1.29 is 0 Å². The zero-order valence-corrected chi connectivity index (χ0v) is 10.3. The average molecular weight is 207 g/mol. The van der Waals surface area contributed by atoms with E-state index in [0.717, 1.165) is 19.3 Å². The van der Waals surface area contributed by atoms with Crippen molar-refractivity contribution in [1.29, 1.82) is 0 Å². The van der Waals surface area contributed by atoms with Crippen LogP contribution in [0, 0.1) is 23.7 Å². The number of hydrogen-bond acceptors (Lipinski definition) is 1. The van der Waals surface area contributed by atoms with Gasteiger partial charge in [0.1, 0.15) is 0 Å². The summed E-state index contributed by atoms with van der Waals surface area (Å²) in [4.78, 5) is 0. The molecule has 1 aliphatic rings. The van der Waals surface area contributed by atoms with Crippen molar-refractivity contribution in [2.45, 2.75) is 64.8 Å². The van der Waals surface area contributed by atoms with Gasteiger partial charge in [-0.3, -0.25) is 0 Å². The molecule has 1 heteroatoms. The van der Waals surface area contributed by atoms with Gasteiger partial charge in [0.15, 0.2) is 0 Å². The lowest BCUT2D eigenvalue weighted by Gasteiger charge is -2.42. The van der Waals surface area contributed by atoms with E-state index in [1.54, 1.807) is 0 Å². The minimum atomic E-state index is 0.355. The molecular formula is C14H25N. The van der Waals surface area contributed by atoms with Crippen LogP contribution >= 0.6 is 0 Å². The van der Waals surface area contributed by atoms with Crippen LogP contribution in [0.15, 0.2) is 0 Å². The second-order valence-electron chi connectivity index (χ2n) is 5.60. The Hall–Kier alpha value is -0.480. The van der Waals surface area contributed by atoms with Crippen molar-refractivity contribution >= 4 is 0 Å². The Morgan fingerprint density at radius 3 is 2.80 bits per heavy atom.